The summed E-state index contributed by atoms with van der Waals surface area (Å²) in [6.07, 6.45) is 0. The third kappa shape index (κ3) is 4.13. The van der Waals surface area contributed by atoms with Crippen molar-refractivity contribution in [3.63, 3.8) is 0 Å². The number of nitrogens with one attached hydrogen (secondary N) is 2. The summed E-state index contributed by atoms with van der Waals surface area (Å²) in [7, 11) is -4.05. The Hall–Kier alpha value is -3.33. The summed E-state index contributed by atoms with van der Waals surface area (Å²) in [5.41, 5.74) is 0.753. The first-order valence-corrected chi connectivity index (χ1v) is 10.9. The second kappa shape index (κ2) is 8.07. The third-order valence-corrected chi connectivity index (χ3v) is 6.41. The van der Waals surface area contributed by atoms with E-state index >= 15 is 0 Å². The summed E-state index contributed by atoms with van der Waals surface area (Å²) in [6.45, 7) is 1.59. The van der Waals surface area contributed by atoms with Gasteiger partial charge in [-0.2, -0.15) is 0 Å². The van der Waals surface area contributed by atoms with Gasteiger partial charge in [0.25, 0.3) is 10.0 Å². The fourth-order valence-electron chi connectivity index (χ4n) is 3.54. The van der Waals surface area contributed by atoms with Crippen LogP contribution in [0.4, 0.5) is 18.9 Å². The van der Waals surface area contributed by atoms with Crippen LogP contribution in [0.2, 0.25) is 0 Å². The third-order valence-electron chi connectivity index (χ3n) is 5.03. The van der Waals surface area contributed by atoms with Crippen molar-refractivity contribution in [3.8, 4) is 0 Å². The van der Waals surface area contributed by atoms with Gasteiger partial charge < -0.3 is 5.32 Å². The number of rotatable bonds is 4. The average Bonchev–Trinajstić information content (AvgIpc) is 2.71. The quantitative estimate of drug-likeness (QED) is 0.621. The lowest BCUT2D eigenvalue weighted by Crippen LogP contribution is -2.41. The minimum absolute atomic E-state index is 0.00568. The van der Waals surface area contributed by atoms with Gasteiger partial charge in [-0.1, -0.05) is 37.3 Å². The van der Waals surface area contributed by atoms with E-state index in [1.165, 1.54) is 36.4 Å². The Morgan fingerprint density at radius 1 is 0.968 bits per heavy atom. The predicted octanol–water partition coefficient (Wildman–Crippen LogP) is 4.52. The number of anilines is 1. The van der Waals surface area contributed by atoms with Gasteiger partial charge in [-0.15, -0.1) is 0 Å². The van der Waals surface area contributed by atoms with E-state index in [9.17, 15) is 21.6 Å². The van der Waals surface area contributed by atoms with E-state index in [-0.39, 0.29) is 34.2 Å². The van der Waals surface area contributed by atoms with Crippen molar-refractivity contribution in [2.75, 3.05) is 5.32 Å². The number of hydrogen-bond donors (Lipinski definition) is 2. The van der Waals surface area contributed by atoms with Crippen molar-refractivity contribution in [1.82, 2.24) is 4.72 Å². The van der Waals surface area contributed by atoms with Gasteiger partial charge in [-0.05, 0) is 41.5 Å². The monoisotopic (exact) mass is 445 g/mol. The Kier molecular flexibility index (Phi) is 5.45. The average molecular weight is 445 g/mol. The highest BCUT2D eigenvalue weighted by atomic mass is 32.2. The van der Waals surface area contributed by atoms with Crippen LogP contribution in [0.25, 0.3) is 0 Å². The first-order valence-electron chi connectivity index (χ1n) is 9.42. The number of guanidine groups is 1. The highest BCUT2D eigenvalue weighted by Gasteiger charge is 2.32. The minimum atomic E-state index is -4.05. The van der Waals surface area contributed by atoms with Gasteiger partial charge in [0, 0.05) is 11.5 Å². The Morgan fingerprint density at radius 3 is 2.48 bits per heavy atom. The molecule has 0 saturated carbocycles. The molecule has 1 unspecified atom stereocenters. The lowest BCUT2D eigenvalue weighted by Gasteiger charge is -2.26. The molecule has 31 heavy (non-hydrogen) atoms. The molecule has 3 aromatic rings. The molecular formula is C22H18F3N3O2S. The van der Waals surface area contributed by atoms with Crippen LogP contribution in [0, 0.1) is 17.5 Å². The fourth-order valence-corrected chi connectivity index (χ4v) is 4.69. The minimum Gasteiger partial charge on any atom is -0.324 e. The van der Waals surface area contributed by atoms with Crippen molar-refractivity contribution >= 4 is 21.7 Å². The van der Waals surface area contributed by atoms with Crippen molar-refractivity contribution in [2.45, 2.75) is 24.3 Å². The van der Waals surface area contributed by atoms with Crippen molar-refractivity contribution in [3.05, 3.63) is 94.8 Å². The molecule has 1 heterocycles. The highest BCUT2D eigenvalue weighted by molar-refractivity contribution is 7.90. The number of fused-ring (bicyclic) bond motifs is 1. The van der Waals surface area contributed by atoms with Crippen LogP contribution in [-0.2, 0) is 16.6 Å². The number of hydrogen-bond acceptors (Lipinski definition) is 3. The topological polar surface area (TPSA) is 70.6 Å². The van der Waals surface area contributed by atoms with Gasteiger partial charge in [0.05, 0.1) is 12.2 Å². The van der Waals surface area contributed by atoms with Crippen molar-refractivity contribution in [2.24, 2.45) is 4.99 Å². The lowest BCUT2D eigenvalue weighted by atomic mass is 9.91. The van der Waals surface area contributed by atoms with Gasteiger partial charge >= 0.3 is 0 Å². The van der Waals surface area contributed by atoms with Crippen LogP contribution in [0.1, 0.15) is 29.5 Å². The van der Waals surface area contributed by atoms with E-state index in [1.807, 2.05) is 0 Å². The number of halogens is 3. The molecule has 2 N–H and O–H groups in total. The molecule has 0 amide bonds. The summed E-state index contributed by atoms with van der Waals surface area (Å²) in [4.78, 5) is 3.99. The fraction of sp³-hybridized carbons (Fsp3) is 0.136. The molecule has 0 radical (unpaired) electrons. The maximum absolute atomic E-state index is 14.9. The molecule has 9 heteroatoms. The molecule has 1 aliphatic rings. The zero-order chi connectivity index (χ0) is 22.2. The van der Waals surface area contributed by atoms with E-state index in [1.54, 1.807) is 19.1 Å². The van der Waals surface area contributed by atoms with E-state index in [0.717, 1.165) is 12.1 Å². The molecule has 1 atom stereocenters. The highest BCUT2D eigenvalue weighted by Crippen LogP contribution is 2.38. The molecule has 0 aromatic heterocycles. The van der Waals surface area contributed by atoms with Gasteiger partial charge in [0.2, 0.25) is 5.96 Å². The molecule has 4 rings (SSSR count). The smallest absolute Gasteiger partial charge is 0.266 e. The summed E-state index contributed by atoms with van der Waals surface area (Å²) >= 11 is 0. The second-order valence-electron chi connectivity index (χ2n) is 7.10. The van der Waals surface area contributed by atoms with E-state index in [2.05, 4.69) is 15.0 Å². The molecule has 5 nitrogen and oxygen atoms in total. The van der Waals surface area contributed by atoms with E-state index < -0.39 is 33.4 Å². The van der Waals surface area contributed by atoms with E-state index in [0.29, 0.717) is 5.56 Å². The summed E-state index contributed by atoms with van der Waals surface area (Å²) in [5, 5.41) is 2.82. The van der Waals surface area contributed by atoms with Gasteiger partial charge in [-0.3, -0.25) is 0 Å². The van der Waals surface area contributed by atoms with Crippen LogP contribution in [0.3, 0.4) is 0 Å². The van der Waals surface area contributed by atoms with Crippen molar-refractivity contribution < 1.29 is 21.6 Å². The van der Waals surface area contributed by atoms with Gasteiger partial charge in [-0.25, -0.2) is 31.3 Å². The zero-order valence-corrected chi connectivity index (χ0v) is 17.2. The van der Waals surface area contributed by atoms with Crippen LogP contribution in [-0.4, -0.2) is 14.4 Å². The molecule has 160 valence electrons. The number of nitrogens with zero attached hydrogens (tertiary/aromatic N) is 1. The zero-order valence-electron chi connectivity index (χ0n) is 16.4. The molecule has 0 saturated heterocycles. The van der Waals surface area contributed by atoms with Crippen LogP contribution in [0.15, 0.2) is 70.6 Å². The number of sulfonamides is 1. The largest absolute Gasteiger partial charge is 0.324 e. The molecule has 0 bridgehead atoms. The summed E-state index contributed by atoms with van der Waals surface area (Å²) in [6, 6.07) is 13.8. The van der Waals surface area contributed by atoms with Gasteiger partial charge in [0.1, 0.15) is 22.3 Å². The maximum Gasteiger partial charge on any atom is 0.266 e. The summed E-state index contributed by atoms with van der Waals surface area (Å²) < 4.78 is 70.4. The Balaban J connectivity index is 1.77. The van der Waals surface area contributed by atoms with Crippen LogP contribution < -0.4 is 10.0 Å². The van der Waals surface area contributed by atoms with E-state index in [4.69, 9.17) is 0 Å². The molecule has 3 aromatic carbocycles. The normalized spacial score (nSPS) is 16.8. The first-order chi connectivity index (χ1) is 14.8. The SMILES string of the molecule is CC(c1ccccc1F)c1c(F)ccc2c1NC(=NCc1cccc(F)c1)NS2(=O)=O. The Labute approximate surface area is 177 Å². The Morgan fingerprint density at radius 2 is 1.74 bits per heavy atom. The lowest BCUT2D eigenvalue weighted by molar-refractivity contribution is 0.577. The standard InChI is InChI=1S/C22H18F3N3O2S/c1-13(16-7-2-3-8-17(16)24)20-18(25)9-10-19-21(20)27-22(28-31(19,29)30)26-12-14-5-4-6-15(23)11-14/h2-11,13H,12H2,1H3,(H2,26,27,28). The molecule has 0 fully saturated rings. The van der Waals surface area contributed by atoms with Crippen LogP contribution >= 0.6 is 0 Å². The predicted molar refractivity (Wildman–Crippen MR) is 112 cm³/mol. The molecule has 0 spiro atoms. The number of aliphatic imine (C=N–C) groups is 1. The second-order valence-corrected chi connectivity index (χ2v) is 8.75. The molecule has 1 aliphatic heterocycles. The first kappa shape index (κ1) is 20.9. The van der Waals surface area contributed by atoms with Crippen LogP contribution in [0.5, 0.6) is 0 Å². The maximum atomic E-state index is 14.9. The van der Waals surface area contributed by atoms with Crippen molar-refractivity contribution in [1.29, 1.82) is 0 Å². The summed E-state index contributed by atoms with van der Waals surface area (Å²) in [5.74, 6) is -2.55. The number of benzene rings is 3. The van der Waals surface area contributed by atoms with Gasteiger partial charge in [0.15, 0.2) is 0 Å². The molecule has 0 aliphatic carbocycles. The molecular weight excluding hydrogens is 427 g/mol. The Bertz CT molecular complexity index is 1290.